The van der Waals surface area contributed by atoms with Gasteiger partial charge in [0, 0.05) is 0 Å². The topological polar surface area (TPSA) is 192 Å². The van der Waals surface area contributed by atoms with Crippen LogP contribution in [0.1, 0.15) is 0 Å². The van der Waals surface area contributed by atoms with Gasteiger partial charge in [0.25, 0.3) is 0 Å². The predicted octanol–water partition coefficient (Wildman–Crippen LogP) is -3.54. The monoisotopic (exact) mass is 241 g/mol. The molecular weight excluding hydrogens is 234 g/mol. The van der Waals surface area contributed by atoms with Crippen LogP contribution in [0.3, 0.4) is 0 Å². The molecule has 0 saturated carbocycles. The van der Waals surface area contributed by atoms with E-state index in [1.807, 2.05) is 0 Å². The number of hydrogen-bond acceptors (Lipinski definition) is 3. The van der Waals surface area contributed by atoms with E-state index in [4.69, 9.17) is 15.3 Å². The third-order valence-corrected chi connectivity index (χ3v) is 0. The van der Waals surface area contributed by atoms with E-state index < -0.39 is 5.09 Å². The van der Waals surface area contributed by atoms with Crippen LogP contribution in [0.15, 0.2) is 0 Å². The zero-order valence-electron chi connectivity index (χ0n) is 3.97. The zero-order valence-corrected chi connectivity index (χ0v) is 5.46. The molecular formula is H8AgNO7. The van der Waals surface area contributed by atoms with Gasteiger partial charge in [-0.2, -0.15) is 0 Å². The Balaban J connectivity index is -0.00000000450. The summed E-state index contributed by atoms with van der Waals surface area (Å²) >= 11 is 0. The van der Waals surface area contributed by atoms with E-state index in [2.05, 4.69) is 0 Å². The average Bonchev–Trinajstić information content (AvgIpc) is 0.811. The Morgan fingerprint density at radius 2 is 0.889 bits per heavy atom. The average molecular weight is 242 g/mol. The van der Waals surface area contributed by atoms with Crippen molar-refractivity contribution >= 4 is 0 Å². The molecule has 0 bridgehead atoms. The molecule has 9 heteroatoms. The molecule has 0 unspecified atom stereocenters. The first kappa shape index (κ1) is 68.8. The van der Waals surface area contributed by atoms with E-state index in [0.717, 1.165) is 0 Å². The molecule has 0 aliphatic carbocycles. The predicted molar refractivity (Wildman–Crippen MR) is 24.8 cm³/mol. The van der Waals surface area contributed by atoms with Gasteiger partial charge in [0.05, 0.1) is 5.09 Å². The second kappa shape index (κ2) is 46.3. The van der Waals surface area contributed by atoms with Crippen molar-refractivity contribution in [1.82, 2.24) is 0 Å². The molecule has 8 N–H and O–H groups in total. The van der Waals surface area contributed by atoms with E-state index in [0.29, 0.717) is 0 Å². The van der Waals surface area contributed by atoms with Crippen molar-refractivity contribution in [3.8, 4) is 0 Å². The maximum Gasteiger partial charge on any atom is 1.00 e. The minimum atomic E-state index is -1.75. The van der Waals surface area contributed by atoms with Crippen molar-refractivity contribution in [2.45, 2.75) is 0 Å². The minimum Gasteiger partial charge on any atom is -0.412 e. The molecule has 0 fully saturated rings. The molecule has 0 radical (unpaired) electrons. The summed E-state index contributed by atoms with van der Waals surface area (Å²) in [7, 11) is 0. The normalized spacial score (nSPS) is 2.67. The van der Waals surface area contributed by atoms with Crippen LogP contribution in [0, 0.1) is 15.3 Å². The third-order valence-electron chi connectivity index (χ3n) is 0. The van der Waals surface area contributed by atoms with E-state index >= 15 is 0 Å². The Labute approximate surface area is 65.3 Å². The van der Waals surface area contributed by atoms with Crippen LogP contribution in [0.5, 0.6) is 0 Å². The molecule has 0 saturated heterocycles. The van der Waals surface area contributed by atoms with Crippen LogP contribution in [0.2, 0.25) is 0 Å². The van der Waals surface area contributed by atoms with Gasteiger partial charge in [0.2, 0.25) is 0 Å². The summed E-state index contributed by atoms with van der Waals surface area (Å²) in [5, 5.41) is 14.8. The van der Waals surface area contributed by atoms with E-state index in [1.54, 1.807) is 0 Å². The summed E-state index contributed by atoms with van der Waals surface area (Å²) in [4.78, 5) is 8.25. The van der Waals surface area contributed by atoms with Crippen LogP contribution in [-0.2, 0) is 22.4 Å². The van der Waals surface area contributed by atoms with Gasteiger partial charge in [0.1, 0.15) is 0 Å². The molecule has 0 rings (SSSR count). The Bertz CT molecular complexity index is 31.9. The van der Waals surface area contributed by atoms with Gasteiger partial charge < -0.3 is 37.2 Å². The van der Waals surface area contributed by atoms with Crippen LogP contribution in [0.25, 0.3) is 0 Å². The molecule has 0 heterocycles. The summed E-state index contributed by atoms with van der Waals surface area (Å²) in [5.74, 6) is 0. The molecule has 0 aromatic heterocycles. The molecule has 0 aromatic carbocycles. The Morgan fingerprint density at radius 1 is 0.889 bits per heavy atom. The molecule has 0 atom stereocenters. The standard InChI is InChI=1S/Ag.NO3.4H2O/c;2-1(3)4;;;;/h;;4*1H2/q+1;-1;;;;. The van der Waals surface area contributed by atoms with Gasteiger partial charge in [-0.3, -0.25) is 0 Å². The largest absolute Gasteiger partial charge is 1.00 e. The van der Waals surface area contributed by atoms with Gasteiger partial charge in [-0.05, 0) is 0 Å². The molecule has 8 nitrogen and oxygen atoms in total. The molecule has 66 valence electrons. The van der Waals surface area contributed by atoms with Crippen LogP contribution < -0.4 is 0 Å². The number of nitrogens with zero attached hydrogens (tertiary/aromatic N) is 1. The van der Waals surface area contributed by atoms with Crippen molar-refractivity contribution < 1.29 is 49.4 Å². The van der Waals surface area contributed by atoms with Crippen LogP contribution >= 0.6 is 0 Å². The number of rotatable bonds is 0. The van der Waals surface area contributed by atoms with E-state index in [9.17, 15) is 0 Å². The molecule has 0 amide bonds. The third kappa shape index (κ3) is 5380. The molecule has 0 aliphatic rings. The quantitative estimate of drug-likeness (QED) is 0.241. The van der Waals surface area contributed by atoms with Crippen LogP contribution in [-0.4, -0.2) is 27.0 Å². The fraction of sp³-hybridized carbons (Fsp3) is 0. The summed E-state index contributed by atoms with van der Waals surface area (Å²) in [5.41, 5.74) is 0. The number of hydrogen-bond donors (Lipinski definition) is 0. The van der Waals surface area contributed by atoms with Crippen molar-refractivity contribution in [2.24, 2.45) is 0 Å². The first-order valence-corrected chi connectivity index (χ1v) is 0.548. The van der Waals surface area contributed by atoms with Crippen molar-refractivity contribution in [3.63, 3.8) is 0 Å². The summed E-state index contributed by atoms with van der Waals surface area (Å²) in [6, 6.07) is 0. The van der Waals surface area contributed by atoms with Gasteiger partial charge in [-0.25, -0.2) is 0 Å². The van der Waals surface area contributed by atoms with Gasteiger partial charge in [-0.1, -0.05) is 0 Å². The summed E-state index contributed by atoms with van der Waals surface area (Å²) in [6.07, 6.45) is 0. The Morgan fingerprint density at radius 3 is 0.889 bits per heavy atom. The summed E-state index contributed by atoms with van der Waals surface area (Å²) in [6.45, 7) is 0. The minimum absolute atomic E-state index is 0. The summed E-state index contributed by atoms with van der Waals surface area (Å²) < 4.78 is 0. The Kier molecular flexibility index (Phi) is 354. The van der Waals surface area contributed by atoms with Gasteiger partial charge >= 0.3 is 22.4 Å². The smallest absolute Gasteiger partial charge is 0.412 e. The second-order valence-electron chi connectivity index (χ2n) is 0.224. The fourth-order valence-corrected chi connectivity index (χ4v) is 0. The molecule has 0 aromatic rings. The molecule has 0 aliphatic heterocycles. The molecule has 0 spiro atoms. The van der Waals surface area contributed by atoms with Crippen LogP contribution in [0.4, 0.5) is 0 Å². The van der Waals surface area contributed by atoms with Crippen molar-refractivity contribution in [3.05, 3.63) is 15.3 Å². The maximum atomic E-state index is 8.25. The fourth-order valence-electron chi connectivity index (χ4n) is 0. The van der Waals surface area contributed by atoms with Gasteiger partial charge in [0.15, 0.2) is 0 Å². The van der Waals surface area contributed by atoms with Gasteiger partial charge in [-0.15, -0.1) is 0 Å². The van der Waals surface area contributed by atoms with Crippen molar-refractivity contribution in [1.29, 1.82) is 0 Å². The Hall–Kier alpha value is -0.220. The van der Waals surface area contributed by atoms with E-state index in [-0.39, 0.29) is 44.3 Å². The first-order chi connectivity index (χ1) is 1.73. The molecule has 9 heavy (non-hydrogen) atoms. The van der Waals surface area contributed by atoms with E-state index in [1.165, 1.54) is 0 Å². The second-order valence-corrected chi connectivity index (χ2v) is 0.224. The zero-order chi connectivity index (χ0) is 3.58. The first-order valence-electron chi connectivity index (χ1n) is 0.548. The van der Waals surface area contributed by atoms with Crippen molar-refractivity contribution in [2.75, 3.05) is 0 Å². The SMILES string of the molecule is O.O.O.O.O=[N+]([O-])[O-].[Ag+]. The maximum absolute atomic E-state index is 8.25.